The fourth-order valence-corrected chi connectivity index (χ4v) is 4.14. The van der Waals surface area contributed by atoms with Crippen LogP contribution in [0.4, 0.5) is 4.39 Å². The predicted octanol–water partition coefficient (Wildman–Crippen LogP) is 4.63. The largest absolute Gasteiger partial charge is 0.332 e. The van der Waals surface area contributed by atoms with E-state index in [1.807, 2.05) is 43.9 Å². The Hall–Kier alpha value is -3.02. The maximum atomic E-state index is 13.3. The summed E-state index contributed by atoms with van der Waals surface area (Å²) in [6.45, 7) is 6.52. The van der Waals surface area contributed by atoms with E-state index in [9.17, 15) is 9.18 Å². The maximum Gasteiger partial charge on any atom is 0.247 e. The van der Waals surface area contributed by atoms with Crippen LogP contribution in [0.1, 0.15) is 48.9 Å². The molecule has 1 fully saturated rings. The van der Waals surface area contributed by atoms with Crippen molar-refractivity contribution >= 4 is 5.91 Å². The van der Waals surface area contributed by atoms with Crippen molar-refractivity contribution < 1.29 is 9.18 Å². The van der Waals surface area contributed by atoms with Crippen molar-refractivity contribution in [1.82, 2.24) is 19.7 Å². The highest BCUT2D eigenvalue weighted by Gasteiger charge is 2.34. The number of aromatic nitrogens is 3. The van der Waals surface area contributed by atoms with Crippen molar-refractivity contribution in [3.8, 4) is 11.1 Å². The van der Waals surface area contributed by atoms with E-state index >= 15 is 0 Å². The van der Waals surface area contributed by atoms with Gasteiger partial charge in [-0.3, -0.25) is 14.5 Å². The molecule has 2 atom stereocenters. The Morgan fingerprint density at radius 3 is 2.59 bits per heavy atom. The summed E-state index contributed by atoms with van der Waals surface area (Å²) in [7, 11) is 0. The first-order valence-corrected chi connectivity index (χ1v) is 9.99. The van der Waals surface area contributed by atoms with Gasteiger partial charge in [-0.1, -0.05) is 12.1 Å². The van der Waals surface area contributed by atoms with Gasteiger partial charge in [0.25, 0.3) is 0 Å². The van der Waals surface area contributed by atoms with Gasteiger partial charge in [0.1, 0.15) is 11.9 Å². The lowest BCUT2D eigenvalue weighted by atomic mass is 10.0. The molecule has 0 N–H and O–H groups in total. The van der Waals surface area contributed by atoms with Gasteiger partial charge in [0.15, 0.2) is 0 Å². The zero-order valence-corrected chi connectivity index (χ0v) is 17.0. The molecule has 29 heavy (non-hydrogen) atoms. The van der Waals surface area contributed by atoms with Crippen LogP contribution in [0.15, 0.2) is 48.7 Å². The Kier molecular flexibility index (Phi) is 5.18. The number of pyridine rings is 1. The van der Waals surface area contributed by atoms with Gasteiger partial charge in [-0.15, -0.1) is 0 Å². The molecule has 1 saturated heterocycles. The molecular weight excluding hydrogens is 367 g/mol. The number of hydrogen-bond acceptors (Lipinski definition) is 3. The average molecular weight is 392 g/mol. The number of hydrogen-bond donors (Lipinski definition) is 0. The molecule has 3 aromatic rings. The SMILES string of the molecule is Cc1cc(-c2ccc(F)cc2)cc([C@@H]2CCCN2C(=O)[C@H](C)n2nccc2C)n1. The first kappa shape index (κ1) is 19.3. The van der Waals surface area contributed by atoms with E-state index in [2.05, 4.69) is 5.10 Å². The normalized spacial score (nSPS) is 17.5. The average Bonchev–Trinajstić information content (AvgIpc) is 3.36. The lowest BCUT2D eigenvalue weighted by Crippen LogP contribution is -2.36. The lowest BCUT2D eigenvalue weighted by Gasteiger charge is -2.28. The monoisotopic (exact) mass is 392 g/mol. The highest BCUT2D eigenvalue weighted by Crippen LogP contribution is 2.35. The third-order valence-electron chi connectivity index (χ3n) is 5.62. The molecule has 1 amide bonds. The molecule has 5 nitrogen and oxygen atoms in total. The van der Waals surface area contributed by atoms with Gasteiger partial charge >= 0.3 is 0 Å². The first-order valence-electron chi connectivity index (χ1n) is 9.99. The maximum absolute atomic E-state index is 13.3. The third kappa shape index (κ3) is 3.79. The number of aryl methyl sites for hydroxylation is 2. The Morgan fingerprint density at radius 2 is 1.90 bits per heavy atom. The summed E-state index contributed by atoms with van der Waals surface area (Å²) in [6, 6.07) is 12.0. The summed E-state index contributed by atoms with van der Waals surface area (Å²) >= 11 is 0. The fourth-order valence-electron chi connectivity index (χ4n) is 4.14. The summed E-state index contributed by atoms with van der Waals surface area (Å²) < 4.78 is 15.1. The Labute approximate surface area is 170 Å². The van der Waals surface area contributed by atoms with Gasteiger partial charge in [-0.25, -0.2) is 4.39 Å². The number of nitrogens with zero attached hydrogens (tertiary/aromatic N) is 4. The second kappa shape index (κ2) is 7.78. The zero-order chi connectivity index (χ0) is 20.5. The lowest BCUT2D eigenvalue weighted by molar-refractivity contribution is -0.135. The molecule has 0 spiro atoms. The molecule has 4 rings (SSSR count). The predicted molar refractivity (Wildman–Crippen MR) is 110 cm³/mol. The second-order valence-electron chi connectivity index (χ2n) is 7.71. The number of rotatable bonds is 4. The van der Waals surface area contributed by atoms with Crippen LogP contribution in [0, 0.1) is 19.7 Å². The van der Waals surface area contributed by atoms with E-state index in [-0.39, 0.29) is 23.8 Å². The number of benzene rings is 1. The van der Waals surface area contributed by atoms with E-state index in [4.69, 9.17) is 4.98 Å². The van der Waals surface area contributed by atoms with Crippen LogP contribution in [0.3, 0.4) is 0 Å². The van der Waals surface area contributed by atoms with E-state index in [1.54, 1.807) is 23.0 Å². The highest BCUT2D eigenvalue weighted by molar-refractivity contribution is 5.81. The summed E-state index contributed by atoms with van der Waals surface area (Å²) in [5, 5.41) is 4.30. The third-order valence-corrected chi connectivity index (χ3v) is 5.62. The molecule has 1 aromatic carbocycles. The molecule has 2 aromatic heterocycles. The van der Waals surface area contributed by atoms with Crippen LogP contribution in [0.5, 0.6) is 0 Å². The van der Waals surface area contributed by atoms with Crippen molar-refractivity contribution in [2.45, 2.75) is 45.7 Å². The fraction of sp³-hybridized carbons (Fsp3) is 0.348. The van der Waals surface area contributed by atoms with Crippen LogP contribution in [0.2, 0.25) is 0 Å². The van der Waals surface area contributed by atoms with Crippen molar-refractivity contribution in [2.75, 3.05) is 6.54 Å². The van der Waals surface area contributed by atoms with Gasteiger partial charge in [0.2, 0.25) is 5.91 Å². The molecule has 0 bridgehead atoms. The van der Waals surface area contributed by atoms with E-state index in [1.165, 1.54) is 12.1 Å². The summed E-state index contributed by atoms with van der Waals surface area (Å²) in [5.74, 6) is -0.193. The minimum atomic E-state index is -0.355. The van der Waals surface area contributed by atoms with Gasteiger partial charge in [-0.05, 0) is 75.1 Å². The number of carbonyl (C=O) groups is 1. The Bertz CT molecular complexity index is 1030. The molecule has 3 heterocycles. The van der Waals surface area contributed by atoms with Crippen molar-refractivity contribution in [2.24, 2.45) is 0 Å². The smallest absolute Gasteiger partial charge is 0.247 e. The molecule has 1 aliphatic heterocycles. The van der Waals surface area contributed by atoms with Crippen molar-refractivity contribution in [3.05, 3.63) is 71.6 Å². The van der Waals surface area contributed by atoms with E-state index in [0.29, 0.717) is 0 Å². The molecule has 0 radical (unpaired) electrons. The van der Waals surface area contributed by atoms with Gasteiger partial charge < -0.3 is 4.90 Å². The number of carbonyl (C=O) groups excluding carboxylic acids is 1. The Balaban J connectivity index is 1.64. The second-order valence-corrected chi connectivity index (χ2v) is 7.71. The summed E-state index contributed by atoms with van der Waals surface area (Å²) in [5.41, 5.74) is 4.67. The molecule has 1 aliphatic rings. The zero-order valence-electron chi connectivity index (χ0n) is 17.0. The highest BCUT2D eigenvalue weighted by atomic mass is 19.1. The minimum absolute atomic E-state index is 0.0556. The van der Waals surface area contributed by atoms with Gasteiger partial charge in [0, 0.05) is 24.1 Å². The van der Waals surface area contributed by atoms with Crippen LogP contribution < -0.4 is 0 Å². The van der Waals surface area contributed by atoms with Gasteiger partial charge in [-0.2, -0.15) is 5.10 Å². The number of likely N-dealkylation sites (tertiary alicyclic amines) is 1. The first-order chi connectivity index (χ1) is 13.9. The van der Waals surface area contributed by atoms with Crippen molar-refractivity contribution in [1.29, 1.82) is 0 Å². The quantitative estimate of drug-likeness (QED) is 0.651. The standard InChI is InChI=1S/C23H25FN4O/c1-15-13-19(18-6-8-20(24)9-7-18)14-21(26-15)22-5-4-12-27(22)23(29)17(3)28-16(2)10-11-25-28/h6-11,13-14,17,22H,4-5,12H2,1-3H3/t17-,22-/m0/s1. The topological polar surface area (TPSA) is 51.0 Å². The summed E-state index contributed by atoms with van der Waals surface area (Å²) in [6.07, 6.45) is 3.55. The molecule has 150 valence electrons. The molecule has 0 saturated carbocycles. The van der Waals surface area contributed by atoms with Gasteiger partial charge in [0.05, 0.1) is 11.7 Å². The van der Waals surface area contributed by atoms with Crippen LogP contribution in [-0.4, -0.2) is 32.1 Å². The number of halogens is 1. The molecule has 0 aliphatic carbocycles. The summed E-state index contributed by atoms with van der Waals surface area (Å²) in [4.78, 5) is 19.9. The Morgan fingerprint density at radius 1 is 1.14 bits per heavy atom. The van der Waals surface area contributed by atoms with Crippen molar-refractivity contribution in [3.63, 3.8) is 0 Å². The molecule has 0 unspecified atom stereocenters. The number of amides is 1. The van der Waals surface area contributed by atoms with E-state index in [0.717, 1.165) is 47.6 Å². The molecular formula is C23H25FN4O. The minimum Gasteiger partial charge on any atom is -0.332 e. The van der Waals surface area contributed by atoms with E-state index < -0.39 is 0 Å². The molecule has 6 heteroatoms. The van der Waals surface area contributed by atoms with Crippen LogP contribution >= 0.6 is 0 Å². The van der Waals surface area contributed by atoms with Crippen LogP contribution in [-0.2, 0) is 4.79 Å². The van der Waals surface area contributed by atoms with Crippen LogP contribution in [0.25, 0.3) is 11.1 Å².